The van der Waals surface area contributed by atoms with Gasteiger partial charge in [-0.3, -0.25) is 24.1 Å². The summed E-state index contributed by atoms with van der Waals surface area (Å²) in [5.74, 6) is -1.35. The van der Waals surface area contributed by atoms with Gasteiger partial charge in [0.25, 0.3) is 0 Å². The van der Waals surface area contributed by atoms with E-state index in [0.717, 1.165) is 23.4 Å². The molecule has 1 aliphatic rings. The van der Waals surface area contributed by atoms with Gasteiger partial charge >= 0.3 is 0 Å². The molecular weight excluding hydrogens is 717 g/mol. The summed E-state index contributed by atoms with van der Waals surface area (Å²) in [5, 5.41) is 9.02. The van der Waals surface area contributed by atoms with Crippen LogP contribution in [-0.4, -0.2) is 122 Å². The normalized spacial score (nSPS) is 19.0. The van der Waals surface area contributed by atoms with Crippen molar-refractivity contribution in [1.29, 1.82) is 0 Å². The van der Waals surface area contributed by atoms with Crippen LogP contribution in [0.25, 0.3) is 0 Å². The van der Waals surface area contributed by atoms with E-state index in [1.807, 2.05) is 94.2 Å². The van der Waals surface area contributed by atoms with Gasteiger partial charge in [-0.15, -0.1) is 11.3 Å². The number of carbonyl (C=O) groups excluding carboxylic acids is 4. The second-order valence-electron chi connectivity index (χ2n) is 16.1. The SMILES string of the molecule is CC[C@H](C)[C@@H]([C@@H](CC(=O)N1CCC[C@H]1[C@H](OC)[C@@H](C)C(=O)NC(Cc1ccccc1)c1nccs1)OC)N(C)C(=O)[C@@H](NC(=O)[C@H](C(C)C)N(C)C)C(C)C. The zero-order valence-electron chi connectivity index (χ0n) is 35.3. The van der Waals surface area contributed by atoms with E-state index >= 15 is 0 Å². The summed E-state index contributed by atoms with van der Waals surface area (Å²) >= 11 is 1.51. The fourth-order valence-electron chi connectivity index (χ4n) is 8.17. The lowest BCUT2D eigenvalue weighted by atomic mass is 9.89. The van der Waals surface area contributed by atoms with Crippen LogP contribution in [0.1, 0.15) is 90.8 Å². The number of nitrogens with zero attached hydrogens (tertiary/aromatic N) is 4. The predicted molar refractivity (Wildman–Crippen MR) is 218 cm³/mol. The lowest BCUT2D eigenvalue weighted by Crippen LogP contribution is -2.59. The van der Waals surface area contributed by atoms with E-state index in [1.165, 1.54) is 11.3 Å². The molecule has 0 bridgehead atoms. The summed E-state index contributed by atoms with van der Waals surface area (Å²) in [6, 6.07) is 7.83. The van der Waals surface area contributed by atoms with Crippen molar-refractivity contribution in [2.24, 2.45) is 23.7 Å². The molecule has 2 aromatic rings. The predicted octanol–water partition coefficient (Wildman–Crippen LogP) is 5.19. The van der Waals surface area contributed by atoms with Gasteiger partial charge in [0, 0.05) is 39.4 Å². The van der Waals surface area contributed by atoms with Crippen molar-refractivity contribution in [3.8, 4) is 0 Å². The number of methoxy groups -OCH3 is 2. The van der Waals surface area contributed by atoms with Crippen molar-refractivity contribution in [2.45, 2.75) is 123 Å². The van der Waals surface area contributed by atoms with Gasteiger partial charge in [0.05, 0.1) is 48.7 Å². The summed E-state index contributed by atoms with van der Waals surface area (Å²) in [6.07, 6.45) is 3.49. The second kappa shape index (κ2) is 21.8. The molecule has 12 nitrogen and oxygen atoms in total. The van der Waals surface area contributed by atoms with Gasteiger partial charge in [0.15, 0.2) is 0 Å². The first kappa shape index (κ1) is 46.0. The molecule has 1 fully saturated rings. The largest absolute Gasteiger partial charge is 0.379 e. The average Bonchev–Trinajstić information content (AvgIpc) is 3.87. The molecule has 2 heterocycles. The number of benzene rings is 1. The van der Waals surface area contributed by atoms with E-state index in [1.54, 1.807) is 32.4 Å². The molecular formula is C42H68N6O6S. The Morgan fingerprint density at radius 2 is 1.62 bits per heavy atom. The van der Waals surface area contributed by atoms with Crippen molar-refractivity contribution in [3.05, 3.63) is 52.5 Å². The van der Waals surface area contributed by atoms with Crippen LogP contribution >= 0.6 is 11.3 Å². The molecule has 9 atom stereocenters. The molecule has 1 aromatic heterocycles. The Morgan fingerprint density at radius 3 is 2.15 bits per heavy atom. The minimum absolute atomic E-state index is 0.00751. The highest BCUT2D eigenvalue weighted by atomic mass is 32.1. The molecule has 308 valence electrons. The molecule has 1 aromatic carbocycles. The molecule has 0 spiro atoms. The van der Waals surface area contributed by atoms with E-state index in [4.69, 9.17) is 9.47 Å². The number of hydrogen-bond acceptors (Lipinski definition) is 9. The third kappa shape index (κ3) is 12.1. The topological polar surface area (TPSA) is 133 Å². The average molecular weight is 785 g/mol. The van der Waals surface area contributed by atoms with Crippen LogP contribution in [0.4, 0.5) is 0 Å². The number of carbonyl (C=O) groups is 4. The molecule has 3 rings (SSSR count). The van der Waals surface area contributed by atoms with E-state index in [0.29, 0.717) is 19.4 Å². The lowest BCUT2D eigenvalue weighted by Gasteiger charge is -2.41. The van der Waals surface area contributed by atoms with Crippen LogP contribution in [-0.2, 0) is 35.1 Å². The Bertz CT molecular complexity index is 1480. The highest BCUT2D eigenvalue weighted by molar-refractivity contribution is 7.09. The first-order valence-corrected chi connectivity index (χ1v) is 20.8. The molecule has 1 aliphatic heterocycles. The molecule has 0 aliphatic carbocycles. The number of aromatic nitrogens is 1. The molecule has 1 unspecified atom stereocenters. The summed E-state index contributed by atoms with van der Waals surface area (Å²) < 4.78 is 12.1. The van der Waals surface area contributed by atoms with Crippen molar-refractivity contribution < 1.29 is 28.7 Å². The van der Waals surface area contributed by atoms with Crippen molar-refractivity contribution in [2.75, 3.05) is 41.9 Å². The minimum Gasteiger partial charge on any atom is -0.379 e. The Labute approximate surface area is 334 Å². The number of likely N-dealkylation sites (N-methyl/N-ethyl adjacent to an activating group) is 2. The molecule has 2 N–H and O–H groups in total. The van der Waals surface area contributed by atoms with Gasteiger partial charge in [-0.2, -0.15) is 0 Å². The number of likely N-dealkylation sites (tertiary alicyclic amines) is 1. The second-order valence-corrected chi connectivity index (χ2v) is 17.0. The monoisotopic (exact) mass is 784 g/mol. The van der Waals surface area contributed by atoms with Gasteiger partial charge in [-0.1, -0.05) is 85.2 Å². The maximum absolute atomic E-state index is 14.3. The van der Waals surface area contributed by atoms with E-state index < -0.39 is 30.2 Å². The molecule has 4 amide bonds. The van der Waals surface area contributed by atoms with Gasteiger partial charge in [-0.25, -0.2) is 4.98 Å². The maximum atomic E-state index is 14.3. The van der Waals surface area contributed by atoms with Gasteiger partial charge in [0.1, 0.15) is 11.0 Å². The van der Waals surface area contributed by atoms with Gasteiger partial charge < -0.3 is 29.9 Å². The quantitative estimate of drug-likeness (QED) is 0.177. The smallest absolute Gasteiger partial charge is 0.245 e. The maximum Gasteiger partial charge on any atom is 0.245 e. The zero-order chi connectivity index (χ0) is 41.0. The third-order valence-electron chi connectivity index (χ3n) is 11.3. The minimum atomic E-state index is -0.751. The fourth-order valence-corrected chi connectivity index (χ4v) is 8.86. The van der Waals surface area contributed by atoms with Crippen LogP contribution in [0.15, 0.2) is 41.9 Å². The number of thiazole rings is 1. The van der Waals surface area contributed by atoms with Crippen LogP contribution in [0.5, 0.6) is 0 Å². The highest BCUT2D eigenvalue weighted by Crippen LogP contribution is 2.30. The van der Waals surface area contributed by atoms with Crippen LogP contribution in [0.3, 0.4) is 0 Å². The fraction of sp³-hybridized carbons (Fsp3) is 0.690. The van der Waals surface area contributed by atoms with Crippen LogP contribution < -0.4 is 10.6 Å². The number of rotatable bonds is 21. The van der Waals surface area contributed by atoms with Crippen molar-refractivity contribution >= 4 is 35.0 Å². The zero-order valence-corrected chi connectivity index (χ0v) is 36.1. The molecule has 1 saturated heterocycles. The van der Waals surface area contributed by atoms with Gasteiger partial charge in [0.2, 0.25) is 23.6 Å². The molecule has 55 heavy (non-hydrogen) atoms. The van der Waals surface area contributed by atoms with Gasteiger partial charge in [-0.05, 0) is 56.7 Å². The standard InChI is InChI=1S/C42H68N6O6S/c1-13-28(6)37(47(10)42(52)35(26(2)3)45-40(51)36(27(4)5)46(8)9)33(53-11)25-34(49)48-22-17-20-32(48)38(54-12)29(7)39(50)44-31(41-43-21-23-55-41)24-30-18-15-14-16-19-30/h14-16,18-19,21,23,26-29,31-33,35-38H,13,17,20,22,24-25H2,1-12H3,(H,44,50)(H,45,51)/t28-,29+,31?,32-,33+,35-,36-,37-,38+/m0/s1. The number of nitrogens with one attached hydrogen (secondary N) is 2. The van der Waals surface area contributed by atoms with Crippen LogP contribution in [0.2, 0.25) is 0 Å². The number of amides is 4. The Morgan fingerprint density at radius 1 is 0.945 bits per heavy atom. The Hall–Kier alpha value is -3.39. The first-order chi connectivity index (χ1) is 26.1. The van der Waals surface area contributed by atoms with Crippen LogP contribution in [0, 0.1) is 23.7 Å². The molecule has 0 saturated carbocycles. The summed E-state index contributed by atoms with van der Waals surface area (Å²) in [4.78, 5) is 65.8. The van der Waals surface area contributed by atoms with Crippen molar-refractivity contribution in [1.82, 2.24) is 30.3 Å². The van der Waals surface area contributed by atoms with Crippen molar-refractivity contribution in [3.63, 3.8) is 0 Å². The Kier molecular flexibility index (Phi) is 18.2. The highest BCUT2D eigenvalue weighted by Gasteiger charge is 2.43. The molecule has 13 heteroatoms. The summed E-state index contributed by atoms with van der Waals surface area (Å²) in [6.45, 7) is 14.3. The van der Waals surface area contributed by atoms with E-state index in [-0.39, 0.29) is 65.9 Å². The summed E-state index contributed by atoms with van der Waals surface area (Å²) in [7, 11) is 8.66. The van der Waals surface area contributed by atoms with E-state index in [2.05, 4.69) is 29.5 Å². The lowest BCUT2D eigenvalue weighted by molar-refractivity contribution is -0.148. The Balaban J connectivity index is 1.79. The number of ether oxygens (including phenoxy) is 2. The summed E-state index contributed by atoms with van der Waals surface area (Å²) in [5.41, 5.74) is 1.09. The molecule has 0 radical (unpaired) electrons. The third-order valence-corrected chi connectivity index (χ3v) is 12.2. The first-order valence-electron chi connectivity index (χ1n) is 19.9. The number of hydrogen-bond donors (Lipinski definition) is 2. The van der Waals surface area contributed by atoms with E-state index in [9.17, 15) is 19.2 Å².